The number of sulfonamides is 2. The van der Waals surface area contributed by atoms with Gasteiger partial charge in [0.05, 0.1) is 12.0 Å². The van der Waals surface area contributed by atoms with E-state index in [9.17, 15) is 21.9 Å². The molecule has 0 heterocycles. The Bertz CT molecular complexity index is 883. The van der Waals surface area contributed by atoms with Gasteiger partial charge in [-0.05, 0) is 24.6 Å². The van der Waals surface area contributed by atoms with E-state index >= 15 is 0 Å². The first-order valence-corrected chi connectivity index (χ1v) is 13.0. The van der Waals surface area contributed by atoms with Crippen molar-refractivity contribution in [2.75, 3.05) is 43.9 Å². The number of nitrogens with zero attached hydrogens (tertiary/aromatic N) is 2. The smallest absolute Gasteiger partial charge is 0.244 e. The molecule has 1 aromatic rings. The second kappa shape index (κ2) is 10.9. The Hall–Kier alpha value is -0.910. The predicted molar refractivity (Wildman–Crippen MR) is 117 cm³/mol. The zero-order valence-corrected chi connectivity index (χ0v) is 20.0. The maximum absolute atomic E-state index is 13.3. The van der Waals surface area contributed by atoms with E-state index in [2.05, 4.69) is 5.32 Å². The van der Waals surface area contributed by atoms with Crippen LogP contribution in [0.3, 0.4) is 0 Å². The molecule has 0 fully saturated rings. The van der Waals surface area contributed by atoms with E-state index in [0.29, 0.717) is 11.3 Å². The van der Waals surface area contributed by atoms with Crippen molar-refractivity contribution in [3.05, 3.63) is 17.7 Å². The Morgan fingerprint density at radius 1 is 0.931 bits per heavy atom. The van der Waals surface area contributed by atoms with Crippen LogP contribution in [0.4, 0.5) is 5.69 Å². The van der Waals surface area contributed by atoms with Crippen LogP contribution < -0.4 is 5.32 Å². The van der Waals surface area contributed by atoms with Crippen molar-refractivity contribution in [1.82, 2.24) is 8.61 Å². The highest BCUT2D eigenvalue weighted by atomic mass is 35.5. The molecule has 29 heavy (non-hydrogen) atoms. The van der Waals surface area contributed by atoms with Crippen LogP contribution in [0.5, 0.6) is 0 Å². The van der Waals surface area contributed by atoms with Crippen molar-refractivity contribution < 1.29 is 21.9 Å². The van der Waals surface area contributed by atoms with Gasteiger partial charge in [-0.1, -0.05) is 27.7 Å². The molecule has 0 spiro atoms. The van der Waals surface area contributed by atoms with Crippen LogP contribution in [0.15, 0.2) is 21.9 Å². The van der Waals surface area contributed by atoms with Crippen LogP contribution in [0.25, 0.3) is 0 Å². The van der Waals surface area contributed by atoms with E-state index in [1.165, 1.54) is 20.7 Å². The van der Waals surface area contributed by atoms with Crippen molar-refractivity contribution in [3.8, 4) is 0 Å². The van der Waals surface area contributed by atoms with Gasteiger partial charge in [-0.15, -0.1) is 11.6 Å². The maximum Gasteiger partial charge on any atom is 0.244 e. The van der Waals surface area contributed by atoms with Crippen molar-refractivity contribution >= 4 is 37.3 Å². The summed E-state index contributed by atoms with van der Waals surface area (Å²) in [7, 11) is -8.06. The normalized spacial score (nSPS) is 13.8. The molecule has 1 aromatic carbocycles. The number of rotatable bonds is 12. The molecule has 0 saturated carbocycles. The number of benzene rings is 1. The molecule has 0 aliphatic rings. The SMILES string of the molecule is CCN(CC)S(=O)(=O)c1cc(C)c(NCC(O)CCl)cc1S(=O)(=O)N(CC)CC. The molecule has 1 atom stereocenters. The van der Waals surface area contributed by atoms with E-state index in [4.69, 9.17) is 11.6 Å². The molecule has 11 heteroatoms. The van der Waals surface area contributed by atoms with Gasteiger partial charge in [-0.3, -0.25) is 0 Å². The third-order valence-electron chi connectivity index (χ3n) is 4.64. The molecule has 1 unspecified atom stereocenters. The fourth-order valence-electron chi connectivity index (χ4n) is 2.94. The summed E-state index contributed by atoms with van der Waals surface area (Å²) in [6, 6.07) is 2.71. The summed E-state index contributed by atoms with van der Waals surface area (Å²) in [5.74, 6) is 0.0189. The number of hydrogen-bond acceptors (Lipinski definition) is 6. The molecule has 2 N–H and O–H groups in total. The summed E-state index contributed by atoms with van der Waals surface area (Å²) < 4.78 is 55.4. The maximum atomic E-state index is 13.3. The highest BCUT2D eigenvalue weighted by molar-refractivity contribution is 7.92. The Labute approximate surface area is 179 Å². The van der Waals surface area contributed by atoms with Gasteiger partial charge < -0.3 is 10.4 Å². The van der Waals surface area contributed by atoms with Gasteiger partial charge in [0, 0.05) is 38.4 Å². The van der Waals surface area contributed by atoms with E-state index in [1.807, 2.05) is 0 Å². The standard InChI is InChI=1S/C18H32ClN3O5S2/c1-6-21(7-2)28(24,25)17-10-14(5)16(20-13-15(23)12-19)11-18(17)29(26,27)22(8-3)9-4/h10-11,15,20,23H,6-9,12-13H2,1-5H3. The molecule has 0 radical (unpaired) electrons. The average Bonchev–Trinajstić information content (AvgIpc) is 2.67. The summed E-state index contributed by atoms with van der Waals surface area (Å²) in [5, 5.41) is 12.7. The zero-order chi connectivity index (χ0) is 22.4. The number of anilines is 1. The number of halogens is 1. The van der Waals surface area contributed by atoms with Crippen LogP contribution in [-0.4, -0.2) is 75.3 Å². The molecular formula is C18H32ClN3O5S2. The minimum absolute atomic E-state index is 0.0189. The minimum Gasteiger partial charge on any atom is -0.390 e. The van der Waals surface area contributed by atoms with Gasteiger partial charge in [0.25, 0.3) is 0 Å². The largest absolute Gasteiger partial charge is 0.390 e. The van der Waals surface area contributed by atoms with Crippen molar-refractivity contribution in [2.45, 2.75) is 50.5 Å². The fraction of sp³-hybridized carbons (Fsp3) is 0.667. The number of aryl methyl sites for hydroxylation is 1. The van der Waals surface area contributed by atoms with E-state index in [1.54, 1.807) is 34.6 Å². The van der Waals surface area contributed by atoms with E-state index in [-0.39, 0.29) is 48.4 Å². The molecule has 8 nitrogen and oxygen atoms in total. The lowest BCUT2D eigenvalue weighted by atomic mass is 10.2. The lowest BCUT2D eigenvalue weighted by molar-refractivity contribution is 0.211. The van der Waals surface area contributed by atoms with Crippen molar-refractivity contribution in [3.63, 3.8) is 0 Å². The van der Waals surface area contributed by atoms with Crippen LogP contribution in [0.1, 0.15) is 33.3 Å². The Morgan fingerprint density at radius 3 is 1.72 bits per heavy atom. The minimum atomic E-state index is -4.05. The molecule has 0 amide bonds. The zero-order valence-electron chi connectivity index (χ0n) is 17.6. The number of hydrogen-bond donors (Lipinski definition) is 2. The Balaban J connectivity index is 3.74. The molecule has 1 rings (SSSR count). The molecular weight excluding hydrogens is 438 g/mol. The highest BCUT2D eigenvalue weighted by Crippen LogP contribution is 2.32. The monoisotopic (exact) mass is 469 g/mol. The summed E-state index contributed by atoms with van der Waals surface area (Å²) in [6.07, 6.45) is -0.821. The number of aliphatic hydroxyl groups is 1. The van der Waals surface area contributed by atoms with Gasteiger partial charge in [0.15, 0.2) is 0 Å². The molecule has 0 bridgehead atoms. The third-order valence-corrected chi connectivity index (χ3v) is 9.31. The van der Waals surface area contributed by atoms with E-state index < -0.39 is 26.2 Å². The van der Waals surface area contributed by atoms with E-state index in [0.717, 1.165) is 0 Å². The second-order valence-corrected chi connectivity index (χ2v) is 10.6. The molecule has 0 aromatic heterocycles. The quantitative estimate of drug-likeness (QED) is 0.454. The van der Waals surface area contributed by atoms with Gasteiger partial charge in [-0.2, -0.15) is 8.61 Å². The molecule has 168 valence electrons. The first kappa shape index (κ1) is 26.1. The lowest BCUT2D eigenvalue weighted by Gasteiger charge is -2.25. The first-order chi connectivity index (χ1) is 13.5. The average molecular weight is 470 g/mol. The summed E-state index contributed by atoms with van der Waals surface area (Å²) in [4.78, 5) is -0.518. The second-order valence-electron chi connectivity index (χ2n) is 6.48. The van der Waals surface area contributed by atoms with Crippen LogP contribution in [0, 0.1) is 6.92 Å². The number of alkyl halides is 1. The summed E-state index contributed by atoms with van der Waals surface area (Å²) in [6.45, 7) is 9.48. The molecule has 0 aliphatic heterocycles. The van der Waals surface area contributed by atoms with Crippen LogP contribution >= 0.6 is 11.6 Å². The van der Waals surface area contributed by atoms with Crippen molar-refractivity contribution in [2.24, 2.45) is 0 Å². The first-order valence-electron chi connectivity index (χ1n) is 9.63. The molecule has 0 aliphatic carbocycles. The van der Waals surface area contributed by atoms with Crippen LogP contribution in [0.2, 0.25) is 0 Å². The Kier molecular flexibility index (Phi) is 9.84. The van der Waals surface area contributed by atoms with Crippen molar-refractivity contribution in [1.29, 1.82) is 0 Å². The topological polar surface area (TPSA) is 107 Å². The predicted octanol–water partition coefficient (Wildman–Crippen LogP) is 2.07. The molecule has 0 saturated heterocycles. The summed E-state index contributed by atoms with van der Waals surface area (Å²) in [5.41, 5.74) is 0.981. The Morgan fingerprint density at radius 2 is 1.34 bits per heavy atom. The van der Waals surface area contributed by atoms with Gasteiger partial charge >= 0.3 is 0 Å². The fourth-order valence-corrected chi connectivity index (χ4v) is 6.82. The van der Waals surface area contributed by atoms with Gasteiger partial charge in [0.1, 0.15) is 9.79 Å². The third kappa shape index (κ3) is 5.83. The van der Waals surface area contributed by atoms with Gasteiger partial charge in [0.2, 0.25) is 20.0 Å². The number of nitrogens with one attached hydrogen (secondary N) is 1. The van der Waals surface area contributed by atoms with Crippen LogP contribution in [-0.2, 0) is 20.0 Å². The summed E-state index contributed by atoms with van der Waals surface area (Å²) >= 11 is 5.62. The highest BCUT2D eigenvalue weighted by Gasteiger charge is 2.33. The van der Waals surface area contributed by atoms with Gasteiger partial charge in [-0.25, -0.2) is 16.8 Å². The lowest BCUT2D eigenvalue weighted by Crippen LogP contribution is -2.35. The number of aliphatic hydroxyl groups excluding tert-OH is 1.